The molecule has 1 aromatic rings. The molecule has 1 aliphatic heterocycles. The van der Waals surface area contributed by atoms with Crippen molar-refractivity contribution in [2.75, 3.05) is 18.0 Å². The lowest BCUT2D eigenvalue weighted by atomic mass is 9.83. The molecule has 0 aromatic heterocycles. The standard InChI is InChI=1S/C14H18N2O4/c1-2-7-14(13(17)18)8-9-15(10-14)11-5-3-4-6-12(11)16(19)20/h3-6H,2,7-10H2,1H3,(H,17,18). The van der Waals surface area contributed by atoms with Crippen LogP contribution < -0.4 is 4.90 Å². The highest BCUT2D eigenvalue weighted by molar-refractivity contribution is 5.77. The molecule has 1 unspecified atom stereocenters. The average molecular weight is 278 g/mol. The van der Waals surface area contributed by atoms with Crippen molar-refractivity contribution in [3.8, 4) is 0 Å². The molecule has 0 spiro atoms. The third kappa shape index (κ3) is 2.45. The Bertz CT molecular complexity index is 532. The van der Waals surface area contributed by atoms with Gasteiger partial charge in [0.15, 0.2) is 0 Å². The second-order valence-electron chi connectivity index (χ2n) is 5.25. The molecule has 0 aliphatic carbocycles. The van der Waals surface area contributed by atoms with Gasteiger partial charge >= 0.3 is 5.97 Å². The van der Waals surface area contributed by atoms with Crippen molar-refractivity contribution in [1.29, 1.82) is 0 Å². The quantitative estimate of drug-likeness (QED) is 0.661. The maximum absolute atomic E-state index is 11.5. The number of rotatable bonds is 5. The van der Waals surface area contributed by atoms with Crippen molar-refractivity contribution >= 4 is 17.3 Å². The van der Waals surface area contributed by atoms with Gasteiger partial charge in [0.25, 0.3) is 5.69 Å². The first kappa shape index (κ1) is 14.3. The van der Waals surface area contributed by atoms with Crippen molar-refractivity contribution in [2.24, 2.45) is 5.41 Å². The van der Waals surface area contributed by atoms with E-state index in [1.807, 2.05) is 11.8 Å². The Balaban J connectivity index is 2.29. The van der Waals surface area contributed by atoms with E-state index in [0.29, 0.717) is 31.6 Å². The molecule has 1 aromatic carbocycles. The fourth-order valence-electron chi connectivity index (χ4n) is 2.93. The van der Waals surface area contributed by atoms with E-state index < -0.39 is 16.3 Å². The molecule has 1 saturated heterocycles. The Hall–Kier alpha value is -2.11. The zero-order chi connectivity index (χ0) is 14.8. The summed E-state index contributed by atoms with van der Waals surface area (Å²) >= 11 is 0. The van der Waals surface area contributed by atoms with E-state index in [4.69, 9.17) is 0 Å². The highest BCUT2D eigenvalue weighted by Gasteiger charge is 2.45. The zero-order valence-corrected chi connectivity index (χ0v) is 11.4. The first-order chi connectivity index (χ1) is 9.50. The zero-order valence-electron chi connectivity index (χ0n) is 11.4. The molecule has 2 rings (SSSR count). The molecule has 6 nitrogen and oxygen atoms in total. The second kappa shape index (κ2) is 5.48. The Labute approximate surface area is 117 Å². The van der Waals surface area contributed by atoms with E-state index in [1.165, 1.54) is 6.07 Å². The van der Waals surface area contributed by atoms with Crippen LogP contribution in [-0.2, 0) is 4.79 Å². The van der Waals surface area contributed by atoms with Crippen molar-refractivity contribution < 1.29 is 14.8 Å². The SMILES string of the molecule is CCCC1(C(=O)O)CCN(c2ccccc2[N+](=O)[O-])C1. The van der Waals surface area contributed by atoms with E-state index in [2.05, 4.69) is 0 Å². The highest BCUT2D eigenvalue weighted by atomic mass is 16.6. The first-order valence-electron chi connectivity index (χ1n) is 6.72. The Morgan fingerprint density at radius 1 is 1.50 bits per heavy atom. The largest absolute Gasteiger partial charge is 0.481 e. The number of para-hydroxylation sites is 2. The molecule has 0 saturated carbocycles. The smallest absolute Gasteiger partial charge is 0.311 e. The molecule has 1 aliphatic rings. The number of carbonyl (C=O) groups is 1. The van der Waals surface area contributed by atoms with Crippen LogP contribution in [0.3, 0.4) is 0 Å². The number of nitro groups is 1. The number of carboxylic acid groups (broad SMARTS) is 1. The summed E-state index contributed by atoms with van der Waals surface area (Å²) in [5, 5.41) is 20.5. The van der Waals surface area contributed by atoms with Crippen LogP contribution in [0.15, 0.2) is 24.3 Å². The van der Waals surface area contributed by atoms with Crippen molar-refractivity contribution in [2.45, 2.75) is 26.2 Å². The van der Waals surface area contributed by atoms with E-state index in [1.54, 1.807) is 18.2 Å². The number of anilines is 1. The number of carboxylic acids is 1. The van der Waals surface area contributed by atoms with Crippen LogP contribution in [0.1, 0.15) is 26.2 Å². The Morgan fingerprint density at radius 2 is 2.20 bits per heavy atom. The lowest BCUT2D eigenvalue weighted by Crippen LogP contribution is -2.34. The van der Waals surface area contributed by atoms with Gasteiger partial charge in [-0.2, -0.15) is 0 Å². The van der Waals surface area contributed by atoms with E-state index in [0.717, 1.165) is 6.42 Å². The molecule has 108 valence electrons. The minimum atomic E-state index is -0.805. The number of hydrogen-bond acceptors (Lipinski definition) is 4. The molecule has 20 heavy (non-hydrogen) atoms. The molecule has 0 amide bonds. The minimum absolute atomic E-state index is 0.0326. The number of aliphatic carboxylic acids is 1. The summed E-state index contributed by atoms with van der Waals surface area (Å²) in [6.45, 7) is 2.83. The van der Waals surface area contributed by atoms with E-state index in [9.17, 15) is 20.0 Å². The lowest BCUT2D eigenvalue weighted by molar-refractivity contribution is -0.384. The van der Waals surface area contributed by atoms with Gasteiger partial charge in [0, 0.05) is 19.2 Å². The van der Waals surface area contributed by atoms with Gasteiger partial charge in [0.1, 0.15) is 5.69 Å². The molecule has 1 atom stereocenters. The van der Waals surface area contributed by atoms with Crippen LogP contribution in [0.4, 0.5) is 11.4 Å². The summed E-state index contributed by atoms with van der Waals surface area (Å²) in [6.07, 6.45) is 1.92. The van der Waals surface area contributed by atoms with E-state index >= 15 is 0 Å². The molecule has 1 heterocycles. The predicted octanol–water partition coefficient (Wildman–Crippen LogP) is 2.68. The molecular formula is C14H18N2O4. The maximum Gasteiger partial charge on any atom is 0.311 e. The van der Waals surface area contributed by atoms with Gasteiger partial charge in [-0.3, -0.25) is 14.9 Å². The van der Waals surface area contributed by atoms with Crippen molar-refractivity contribution in [1.82, 2.24) is 0 Å². The third-order valence-corrected chi connectivity index (χ3v) is 3.96. The maximum atomic E-state index is 11.5. The lowest BCUT2D eigenvalue weighted by Gasteiger charge is -2.25. The van der Waals surface area contributed by atoms with Gasteiger partial charge in [-0.05, 0) is 18.9 Å². The molecule has 1 N–H and O–H groups in total. The normalized spacial score (nSPS) is 21.9. The highest BCUT2D eigenvalue weighted by Crippen LogP contribution is 2.40. The van der Waals surface area contributed by atoms with Crippen LogP contribution in [0.5, 0.6) is 0 Å². The van der Waals surface area contributed by atoms with Gasteiger partial charge in [0.05, 0.1) is 10.3 Å². The summed E-state index contributed by atoms with van der Waals surface area (Å²) < 4.78 is 0. The van der Waals surface area contributed by atoms with Gasteiger partial charge in [-0.1, -0.05) is 25.5 Å². The topological polar surface area (TPSA) is 83.7 Å². The fourth-order valence-corrected chi connectivity index (χ4v) is 2.93. The van der Waals surface area contributed by atoms with Crippen LogP contribution in [0.25, 0.3) is 0 Å². The minimum Gasteiger partial charge on any atom is -0.481 e. The van der Waals surface area contributed by atoms with Crippen molar-refractivity contribution in [3.05, 3.63) is 34.4 Å². The third-order valence-electron chi connectivity index (χ3n) is 3.96. The van der Waals surface area contributed by atoms with Crippen LogP contribution in [-0.4, -0.2) is 29.1 Å². The fraction of sp³-hybridized carbons (Fsp3) is 0.500. The molecule has 1 fully saturated rings. The number of nitro benzene ring substituents is 1. The first-order valence-corrected chi connectivity index (χ1v) is 6.72. The van der Waals surface area contributed by atoms with Crippen LogP contribution in [0.2, 0.25) is 0 Å². The van der Waals surface area contributed by atoms with Crippen LogP contribution in [0, 0.1) is 15.5 Å². The summed E-state index contributed by atoms with van der Waals surface area (Å²) in [4.78, 5) is 24.0. The van der Waals surface area contributed by atoms with Gasteiger partial charge in [0.2, 0.25) is 0 Å². The van der Waals surface area contributed by atoms with E-state index in [-0.39, 0.29) is 5.69 Å². The molecule has 0 radical (unpaired) electrons. The average Bonchev–Trinajstić information content (AvgIpc) is 2.85. The summed E-state index contributed by atoms with van der Waals surface area (Å²) in [6, 6.07) is 6.50. The number of nitrogens with zero attached hydrogens (tertiary/aromatic N) is 2. The van der Waals surface area contributed by atoms with Gasteiger partial charge in [-0.25, -0.2) is 0 Å². The van der Waals surface area contributed by atoms with Crippen molar-refractivity contribution in [3.63, 3.8) is 0 Å². The molecule has 6 heteroatoms. The Morgan fingerprint density at radius 3 is 2.80 bits per heavy atom. The van der Waals surface area contributed by atoms with Gasteiger partial charge in [-0.15, -0.1) is 0 Å². The number of benzene rings is 1. The Kier molecular flexibility index (Phi) is 3.92. The molecular weight excluding hydrogens is 260 g/mol. The molecule has 0 bridgehead atoms. The summed E-state index contributed by atoms with van der Waals surface area (Å²) in [5.74, 6) is -0.805. The predicted molar refractivity (Wildman–Crippen MR) is 74.9 cm³/mol. The van der Waals surface area contributed by atoms with Crippen LogP contribution >= 0.6 is 0 Å². The monoisotopic (exact) mass is 278 g/mol. The van der Waals surface area contributed by atoms with Gasteiger partial charge < -0.3 is 10.0 Å². The summed E-state index contributed by atoms with van der Waals surface area (Å²) in [5.41, 5.74) is -0.236. The summed E-state index contributed by atoms with van der Waals surface area (Å²) in [7, 11) is 0. The second-order valence-corrected chi connectivity index (χ2v) is 5.25. The number of hydrogen-bond donors (Lipinski definition) is 1.